The molecule has 3 rings (SSSR count). The number of aliphatic hydroxyl groups is 1. The van der Waals surface area contributed by atoms with Gasteiger partial charge in [-0.25, -0.2) is 9.18 Å². The molecular formula is C20H18F4N2O5. The van der Waals surface area contributed by atoms with E-state index in [1.807, 2.05) is 0 Å². The van der Waals surface area contributed by atoms with E-state index in [0.29, 0.717) is 0 Å². The molecule has 0 saturated carbocycles. The van der Waals surface area contributed by atoms with E-state index in [4.69, 9.17) is 9.47 Å². The van der Waals surface area contributed by atoms with Crippen LogP contribution in [0.25, 0.3) is 0 Å². The Morgan fingerprint density at radius 1 is 1.10 bits per heavy atom. The molecule has 1 heterocycles. The van der Waals surface area contributed by atoms with Crippen LogP contribution in [0.3, 0.4) is 0 Å². The van der Waals surface area contributed by atoms with Gasteiger partial charge in [-0.1, -0.05) is 0 Å². The number of halogens is 4. The predicted octanol–water partition coefficient (Wildman–Crippen LogP) is 2.95. The molecule has 166 valence electrons. The highest BCUT2D eigenvalue weighted by Crippen LogP contribution is 2.46. The van der Waals surface area contributed by atoms with Crippen molar-refractivity contribution in [2.75, 3.05) is 14.2 Å². The number of carbonyl (C=O) groups excluding carboxylic acids is 2. The first kappa shape index (κ1) is 22.3. The number of amides is 2. The maximum atomic E-state index is 13.9. The van der Waals surface area contributed by atoms with Gasteiger partial charge in [0.25, 0.3) is 0 Å². The molecule has 2 amide bonds. The third kappa shape index (κ3) is 4.00. The van der Waals surface area contributed by atoms with E-state index in [9.17, 15) is 32.3 Å². The molecule has 2 aromatic rings. The SMILES string of the molecule is COc1ccc(OC)c([C@H]2NC(=O)N[C@](O)(C(F)(F)F)[C@@H]2C(=O)c2ccc(F)cc2)c1. The summed E-state index contributed by atoms with van der Waals surface area (Å²) in [5, 5.41) is 14.3. The maximum absolute atomic E-state index is 13.9. The van der Waals surface area contributed by atoms with Crippen molar-refractivity contribution in [2.24, 2.45) is 5.92 Å². The molecule has 0 radical (unpaired) electrons. The lowest BCUT2D eigenvalue weighted by Crippen LogP contribution is -2.72. The first-order valence-corrected chi connectivity index (χ1v) is 8.91. The zero-order chi connectivity index (χ0) is 23.0. The van der Waals surface area contributed by atoms with E-state index >= 15 is 0 Å². The lowest BCUT2D eigenvalue weighted by atomic mass is 9.77. The topological polar surface area (TPSA) is 96.9 Å². The standard InChI is InChI=1S/C20H18F4N2O5/c1-30-12-7-8-14(31-2)13(9-12)16-15(17(27)10-3-5-11(21)6-4-10)19(29,20(22,23)24)26-18(28)25-16/h3-9,15-16,29H,1-2H3,(H2,25,26,28)/t15-,16+,19+/m0/s1. The number of hydrogen-bond acceptors (Lipinski definition) is 5. The van der Waals surface area contributed by atoms with Gasteiger partial charge >= 0.3 is 12.2 Å². The van der Waals surface area contributed by atoms with E-state index in [1.54, 1.807) is 0 Å². The number of benzene rings is 2. The second kappa shape index (κ2) is 8.06. The molecule has 7 nitrogen and oxygen atoms in total. The minimum Gasteiger partial charge on any atom is -0.497 e. The maximum Gasteiger partial charge on any atom is 0.437 e. The normalized spacial score (nSPS) is 23.5. The molecule has 1 fully saturated rings. The van der Waals surface area contributed by atoms with E-state index in [-0.39, 0.29) is 22.6 Å². The Morgan fingerprint density at radius 3 is 2.29 bits per heavy atom. The van der Waals surface area contributed by atoms with Crippen LogP contribution in [-0.4, -0.2) is 43.0 Å². The monoisotopic (exact) mass is 442 g/mol. The minimum absolute atomic E-state index is 0.0279. The fourth-order valence-corrected chi connectivity index (χ4v) is 3.47. The van der Waals surface area contributed by atoms with Gasteiger partial charge in [-0.15, -0.1) is 0 Å². The number of rotatable bonds is 5. The zero-order valence-electron chi connectivity index (χ0n) is 16.3. The van der Waals surface area contributed by atoms with Crippen LogP contribution in [0.4, 0.5) is 22.4 Å². The average Bonchev–Trinajstić information content (AvgIpc) is 2.72. The van der Waals surface area contributed by atoms with Gasteiger partial charge in [0.1, 0.15) is 23.2 Å². The van der Waals surface area contributed by atoms with E-state index in [0.717, 1.165) is 24.3 Å². The summed E-state index contributed by atoms with van der Waals surface area (Å²) in [4.78, 5) is 25.3. The van der Waals surface area contributed by atoms with Crippen LogP contribution in [0, 0.1) is 11.7 Å². The molecule has 1 aliphatic heterocycles. The van der Waals surface area contributed by atoms with Crippen molar-refractivity contribution < 1.29 is 41.7 Å². The summed E-state index contributed by atoms with van der Waals surface area (Å²) in [6, 6.07) is 4.91. The molecule has 31 heavy (non-hydrogen) atoms. The van der Waals surface area contributed by atoms with Crippen LogP contribution in [0.15, 0.2) is 42.5 Å². The number of hydrogen-bond donors (Lipinski definition) is 3. The van der Waals surface area contributed by atoms with Crippen LogP contribution in [-0.2, 0) is 0 Å². The van der Waals surface area contributed by atoms with Gasteiger partial charge in [0, 0.05) is 11.1 Å². The van der Waals surface area contributed by atoms with Gasteiger partial charge in [0.15, 0.2) is 5.78 Å². The summed E-state index contributed by atoms with van der Waals surface area (Å²) < 4.78 is 65.4. The van der Waals surface area contributed by atoms with Crippen LogP contribution < -0.4 is 20.1 Å². The van der Waals surface area contributed by atoms with Gasteiger partial charge < -0.3 is 25.2 Å². The molecular weight excluding hydrogens is 424 g/mol. The molecule has 0 aromatic heterocycles. The van der Waals surface area contributed by atoms with E-state index < -0.39 is 41.5 Å². The number of methoxy groups -OCH3 is 2. The van der Waals surface area contributed by atoms with Crippen molar-refractivity contribution in [2.45, 2.75) is 17.9 Å². The van der Waals surface area contributed by atoms with Crippen LogP contribution in [0.2, 0.25) is 0 Å². The number of urea groups is 1. The summed E-state index contributed by atoms with van der Waals surface area (Å²) >= 11 is 0. The Bertz CT molecular complexity index is 996. The molecule has 3 N–H and O–H groups in total. The van der Waals surface area contributed by atoms with E-state index in [2.05, 4.69) is 5.32 Å². The minimum atomic E-state index is -5.42. The lowest BCUT2D eigenvalue weighted by molar-refractivity contribution is -0.287. The number of alkyl halides is 3. The van der Waals surface area contributed by atoms with Crippen LogP contribution in [0.5, 0.6) is 11.5 Å². The largest absolute Gasteiger partial charge is 0.497 e. The van der Waals surface area contributed by atoms with Gasteiger partial charge in [-0.3, -0.25) is 4.79 Å². The first-order chi connectivity index (χ1) is 14.5. The van der Waals surface area contributed by atoms with Crippen LogP contribution >= 0.6 is 0 Å². The summed E-state index contributed by atoms with van der Waals surface area (Å²) in [5.41, 5.74) is -4.24. The second-order valence-electron chi connectivity index (χ2n) is 6.80. The Morgan fingerprint density at radius 2 is 1.74 bits per heavy atom. The number of ketones is 1. The van der Waals surface area contributed by atoms with Crippen molar-refractivity contribution in [3.63, 3.8) is 0 Å². The highest BCUT2D eigenvalue weighted by atomic mass is 19.4. The fraction of sp³-hybridized carbons (Fsp3) is 0.300. The predicted molar refractivity (Wildman–Crippen MR) is 99.2 cm³/mol. The molecule has 1 saturated heterocycles. The highest BCUT2D eigenvalue weighted by molar-refractivity contribution is 6.00. The lowest BCUT2D eigenvalue weighted by Gasteiger charge is -2.45. The molecule has 3 atom stereocenters. The summed E-state index contributed by atoms with van der Waals surface area (Å²) in [6.45, 7) is 0. The van der Waals surface area contributed by atoms with Crippen molar-refractivity contribution in [3.8, 4) is 11.5 Å². The van der Waals surface area contributed by atoms with Crippen molar-refractivity contribution >= 4 is 11.8 Å². The fourth-order valence-electron chi connectivity index (χ4n) is 3.47. The third-order valence-electron chi connectivity index (χ3n) is 4.99. The first-order valence-electron chi connectivity index (χ1n) is 8.91. The molecule has 0 bridgehead atoms. The van der Waals surface area contributed by atoms with Crippen LogP contribution in [0.1, 0.15) is 22.0 Å². The Labute approximate surface area is 174 Å². The van der Waals surface area contributed by atoms with Gasteiger partial charge in [0.2, 0.25) is 5.72 Å². The number of Topliss-reactive ketones (excluding diaryl/α,β-unsaturated/α-hetero) is 1. The number of nitrogens with one attached hydrogen (secondary N) is 2. The Kier molecular flexibility index (Phi) is 5.81. The summed E-state index contributed by atoms with van der Waals surface area (Å²) in [6.07, 6.45) is -5.42. The van der Waals surface area contributed by atoms with E-state index in [1.165, 1.54) is 37.7 Å². The molecule has 1 aliphatic rings. The Hall–Kier alpha value is -3.34. The zero-order valence-corrected chi connectivity index (χ0v) is 16.3. The number of carbonyl (C=O) groups is 2. The molecule has 0 spiro atoms. The second-order valence-corrected chi connectivity index (χ2v) is 6.80. The average molecular weight is 442 g/mol. The van der Waals surface area contributed by atoms with Crippen molar-refractivity contribution in [3.05, 3.63) is 59.4 Å². The number of ether oxygens (including phenoxy) is 2. The van der Waals surface area contributed by atoms with Gasteiger partial charge in [-0.2, -0.15) is 13.2 Å². The highest BCUT2D eigenvalue weighted by Gasteiger charge is 2.66. The smallest absolute Gasteiger partial charge is 0.437 e. The molecule has 0 aliphatic carbocycles. The van der Waals surface area contributed by atoms with Crippen molar-refractivity contribution in [1.29, 1.82) is 0 Å². The van der Waals surface area contributed by atoms with Gasteiger partial charge in [0.05, 0.1) is 20.3 Å². The third-order valence-corrected chi connectivity index (χ3v) is 4.99. The molecule has 0 unspecified atom stereocenters. The molecule has 11 heteroatoms. The summed E-state index contributed by atoms with van der Waals surface area (Å²) in [5.74, 6) is -3.90. The molecule has 2 aromatic carbocycles. The Balaban J connectivity index is 2.23. The summed E-state index contributed by atoms with van der Waals surface area (Å²) in [7, 11) is 2.57. The quantitative estimate of drug-likeness (QED) is 0.489. The van der Waals surface area contributed by atoms with Crippen molar-refractivity contribution in [1.82, 2.24) is 10.6 Å². The van der Waals surface area contributed by atoms with Gasteiger partial charge in [-0.05, 0) is 42.5 Å².